The van der Waals surface area contributed by atoms with Crippen molar-refractivity contribution in [1.29, 1.82) is 0 Å². The van der Waals surface area contributed by atoms with Crippen molar-refractivity contribution in [3.05, 3.63) is 65.1 Å². The highest BCUT2D eigenvalue weighted by atomic mass is 32.2. The third kappa shape index (κ3) is 5.79. The van der Waals surface area contributed by atoms with Gasteiger partial charge >= 0.3 is 0 Å². The first-order valence-corrected chi connectivity index (χ1v) is 11.9. The number of benzene rings is 2. The monoisotopic (exact) mass is 450 g/mol. The fourth-order valence-corrected chi connectivity index (χ4v) is 4.98. The van der Waals surface area contributed by atoms with E-state index in [0.29, 0.717) is 11.4 Å². The van der Waals surface area contributed by atoms with Crippen LogP contribution >= 0.6 is 11.8 Å². The summed E-state index contributed by atoms with van der Waals surface area (Å²) in [6.45, 7) is 5.99. The number of rotatable bonds is 7. The number of hydrogen-bond acceptors (Lipinski definition) is 5. The second-order valence-electron chi connectivity index (χ2n) is 8.23. The molecule has 0 unspecified atom stereocenters. The number of carbonyl (C=O) groups excluding carboxylic acids is 2. The quantitative estimate of drug-likeness (QED) is 0.519. The molecular formula is C25H30N4O2S. The van der Waals surface area contributed by atoms with Gasteiger partial charge < -0.3 is 15.1 Å². The first kappa shape index (κ1) is 22.6. The van der Waals surface area contributed by atoms with Gasteiger partial charge in [-0.3, -0.25) is 14.5 Å². The molecule has 2 aromatic carbocycles. The predicted octanol–water partition coefficient (Wildman–Crippen LogP) is 2.92. The minimum absolute atomic E-state index is 0.0248. The Morgan fingerprint density at radius 2 is 1.75 bits per heavy atom. The van der Waals surface area contributed by atoms with E-state index in [2.05, 4.69) is 22.2 Å². The van der Waals surface area contributed by atoms with Gasteiger partial charge in [0.05, 0.1) is 10.6 Å². The van der Waals surface area contributed by atoms with Crippen molar-refractivity contribution in [2.75, 3.05) is 57.8 Å². The van der Waals surface area contributed by atoms with Crippen LogP contribution in [-0.4, -0.2) is 74.5 Å². The number of fused-ring (bicyclic) bond motifs is 1. The van der Waals surface area contributed by atoms with Crippen LogP contribution in [0.5, 0.6) is 0 Å². The predicted molar refractivity (Wildman–Crippen MR) is 131 cm³/mol. The number of carbonyl (C=O) groups is 2. The molecule has 2 aliphatic rings. The van der Waals surface area contributed by atoms with Crippen LogP contribution in [-0.2, 0) is 9.59 Å². The lowest BCUT2D eigenvalue weighted by atomic mass is 10.2. The van der Waals surface area contributed by atoms with Crippen molar-refractivity contribution < 1.29 is 9.59 Å². The van der Waals surface area contributed by atoms with Gasteiger partial charge in [0.1, 0.15) is 6.54 Å². The molecule has 0 radical (unpaired) electrons. The summed E-state index contributed by atoms with van der Waals surface area (Å²) < 4.78 is 0. The number of hydrogen-bond donors (Lipinski definition) is 1. The lowest BCUT2D eigenvalue weighted by Crippen LogP contribution is -2.45. The van der Waals surface area contributed by atoms with Gasteiger partial charge in [-0.25, -0.2) is 0 Å². The molecule has 168 valence electrons. The molecule has 1 saturated heterocycles. The smallest absolute Gasteiger partial charge is 0.265 e. The Balaban J connectivity index is 1.36. The molecule has 0 bridgehead atoms. The molecule has 2 aliphatic heterocycles. The van der Waals surface area contributed by atoms with Crippen molar-refractivity contribution in [3.63, 3.8) is 0 Å². The highest BCUT2D eigenvalue weighted by Gasteiger charge is 2.30. The van der Waals surface area contributed by atoms with Crippen LogP contribution in [0.15, 0.2) is 64.4 Å². The number of thioether (sulfide) groups is 1. The summed E-state index contributed by atoms with van der Waals surface area (Å²) in [6.07, 6.45) is 2.80. The van der Waals surface area contributed by atoms with Gasteiger partial charge in [0.25, 0.3) is 5.91 Å². The van der Waals surface area contributed by atoms with E-state index in [-0.39, 0.29) is 18.4 Å². The standard InChI is InChI=1S/C25H30N4O2S/c1-27-14-16-28(17-15-27)13-7-12-26-24(30)19-29-21-10-5-6-11-22(21)32-23(25(29)31)18-20-8-3-2-4-9-20/h2-6,8-11,18H,7,12-17,19H2,1H3,(H,26,30)/b23-18-. The first-order valence-electron chi connectivity index (χ1n) is 11.1. The molecule has 1 fully saturated rings. The zero-order chi connectivity index (χ0) is 22.3. The SMILES string of the molecule is CN1CCN(CCCNC(=O)CN2C(=O)/C(=C/c3ccccc3)Sc3ccccc32)CC1. The van der Waals surface area contributed by atoms with Crippen molar-refractivity contribution in [1.82, 2.24) is 15.1 Å². The third-order valence-electron chi connectivity index (χ3n) is 5.80. The molecule has 2 heterocycles. The van der Waals surface area contributed by atoms with Crippen LogP contribution < -0.4 is 10.2 Å². The largest absolute Gasteiger partial charge is 0.355 e. The maximum absolute atomic E-state index is 13.2. The van der Waals surface area contributed by atoms with E-state index in [9.17, 15) is 9.59 Å². The van der Waals surface area contributed by atoms with Crippen molar-refractivity contribution in [2.24, 2.45) is 0 Å². The van der Waals surface area contributed by atoms with E-state index < -0.39 is 0 Å². The second kappa shape index (κ2) is 10.8. The fraction of sp³-hybridized carbons (Fsp3) is 0.360. The highest BCUT2D eigenvalue weighted by molar-refractivity contribution is 8.04. The molecule has 7 heteroatoms. The fourth-order valence-electron chi connectivity index (χ4n) is 3.92. The van der Waals surface area contributed by atoms with Crippen LogP contribution in [0.25, 0.3) is 6.08 Å². The number of amides is 2. The average Bonchev–Trinajstić information content (AvgIpc) is 2.81. The summed E-state index contributed by atoms with van der Waals surface area (Å²) >= 11 is 1.46. The number of likely N-dealkylation sites (N-methyl/N-ethyl adjacent to an activating group) is 1. The maximum Gasteiger partial charge on any atom is 0.265 e. The molecule has 1 N–H and O–H groups in total. The zero-order valence-electron chi connectivity index (χ0n) is 18.5. The van der Waals surface area contributed by atoms with E-state index >= 15 is 0 Å². The number of nitrogens with one attached hydrogen (secondary N) is 1. The maximum atomic E-state index is 13.2. The van der Waals surface area contributed by atoms with Crippen LogP contribution in [0, 0.1) is 0 Å². The topological polar surface area (TPSA) is 55.9 Å². The summed E-state index contributed by atoms with van der Waals surface area (Å²) in [5, 5.41) is 3.00. The van der Waals surface area contributed by atoms with E-state index in [1.54, 1.807) is 4.90 Å². The molecule has 2 aromatic rings. The Hall–Kier alpha value is -2.61. The lowest BCUT2D eigenvalue weighted by molar-refractivity contribution is -0.122. The summed E-state index contributed by atoms with van der Waals surface area (Å²) in [6, 6.07) is 17.5. The van der Waals surface area contributed by atoms with Gasteiger partial charge in [-0.2, -0.15) is 0 Å². The summed E-state index contributed by atoms with van der Waals surface area (Å²) in [5.41, 5.74) is 1.76. The molecule has 0 aliphatic carbocycles. The Labute approximate surface area is 194 Å². The summed E-state index contributed by atoms with van der Waals surface area (Å²) in [5.74, 6) is -0.261. The molecule has 6 nitrogen and oxygen atoms in total. The number of para-hydroxylation sites is 1. The molecule has 0 spiro atoms. The summed E-state index contributed by atoms with van der Waals surface area (Å²) in [4.78, 5) is 33.9. The van der Waals surface area contributed by atoms with Crippen LogP contribution in [0.4, 0.5) is 5.69 Å². The summed E-state index contributed by atoms with van der Waals surface area (Å²) in [7, 11) is 2.15. The van der Waals surface area contributed by atoms with E-state index in [4.69, 9.17) is 0 Å². The van der Waals surface area contributed by atoms with Crippen molar-refractivity contribution in [2.45, 2.75) is 11.3 Å². The van der Waals surface area contributed by atoms with Crippen LogP contribution in [0.1, 0.15) is 12.0 Å². The molecule has 4 rings (SSSR count). The zero-order valence-corrected chi connectivity index (χ0v) is 19.3. The van der Waals surface area contributed by atoms with Crippen molar-refractivity contribution >= 4 is 35.3 Å². The van der Waals surface area contributed by atoms with Gasteiger partial charge in [-0.1, -0.05) is 54.2 Å². The van der Waals surface area contributed by atoms with Gasteiger partial charge in [-0.15, -0.1) is 0 Å². The molecule has 0 aromatic heterocycles. The lowest BCUT2D eigenvalue weighted by Gasteiger charge is -2.32. The highest BCUT2D eigenvalue weighted by Crippen LogP contribution is 2.41. The van der Waals surface area contributed by atoms with E-state index in [0.717, 1.165) is 55.3 Å². The van der Waals surface area contributed by atoms with Gasteiger partial charge in [-0.05, 0) is 43.8 Å². The van der Waals surface area contributed by atoms with E-state index in [1.165, 1.54) is 11.8 Å². The molecule has 32 heavy (non-hydrogen) atoms. The Bertz CT molecular complexity index is 971. The Kier molecular flexibility index (Phi) is 7.63. The Morgan fingerprint density at radius 1 is 1.03 bits per heavy atom. The third-order valence-corrected chi connectivity index (χ3v) is 6.88. The molecule has 0 saturated carbocycles. The Morgan fingerprint density at radius 3 is 2.53 bits per heavy atom. The van der Waals surface area contributed by atoms with Gasteiger partial charge in [0.2, 0.25) is 5.91 Å². The first-order chi connectivity index (χ1) is 15.6. The number of anilines is 1. The van der Waals surface area contributed by atoms with Crippen molar-refractivity contribution in [3.8, 4) is 0 Å². The van der Waals surface area contributed by atoms with Gasteiger partial charge in [0.15, 0.2) is 0 Å². The normalized spacial score (nSPS) is 18.6. The number of piperazine rings is 1. The number of nitrogens with zero attached hydrogens (tertiary/aromatic N) is 3. The molecule has 0 atom stereocenters. The van der Waals surface area contributed by atoms with Crippen LogP contribution in [0.3, 0.4) is 0 Å². The van der Waals surface area contributed by atoms with E-state index in [1.807, 2.05) is 60.7 Å². The van der Waals surface area contributed by atoms with Gasteiger partial charge in [0, 0.05) is 37.6 Å². The molecule has 2 amide bonds. The molecular weight excluding hydrogens is 420 g/mol. The average molecular weight is 451 g/mol. The minimum Gasteiger partial charge on any atom is -0.355 e. The van der Waals surface area contributed by atoms with Crippen LogP contribution in [0.2, 0.25) is 0 Å². The minimum atomic E-state index is -0.134. The second-order valence-corrected chi connectivity index (χ2v) is 9.31.